The first-order chi connectivity index (χ1) is 13.0. The first kappa shape index (κ1) is 16.2. The van der Waals surface area contributed by atoms with E-state index in [0.717, 1.165) is 25.7 Å². The van der Waals surface area contributed by atoms with E-state index in [4.69, 9.17) is 0 Å². The Bertz CT molecular complexity index is 1020. The van der Waals surface area contributed by atoms with E-state index in [-0.39, 0.29) is 11.2 Å². The van der Waals surface area contributed by atoms with E-state index in [1.54, 1.807) is 24.3 Å². The van der Waals surface area contributed by atoms with E-state index in [9.17, 15) is 15.3 Å². The third-order valence-electron chi connectivity index (χ3n) is 6.44. The first-order valence-corrected chi connectivity index (χ1v) is 9.43. The standard InChI is InChI=1S/C24H22O3/c25-19-5-1-15(2-6-19)9-23-22-11-21(27)8-4-17(22)13-24(23)12-16-3-7-20(26)10-18(16)14-24/h1-8,10-11,23,25-27H,9,12-14H2/t23-,24+/m1/s1. The fourth-order valence-electron chi connectivity index (χ4n) is 5.24. The van der Waals surface area contributed by atoms with Crippen molar-refractivity contribution in [1.82, 2.24) is 0 Å². The zero-order valence-electron chi connectivity index (χ0n) is 15.0. The van der Waals surface area contributed by atoms with Crippen molar-refractivity contribution in [2.45, 2.75) is 31.6 Å². The average molecular weight is 358 g/mol. The van der Waals surface area contributed by atoms with E-state index in [1.165, 1.54) is 27.8 Å². The van der Waals surface area contributed by atoms with Crippen molar-refractivity contribution in [2.75, 3.05) is 0 Å². The van der Waals surface area contributed by atoms with Gasteiger partial charge < -0.3 is 15.3 Å². The SMILES string of the molecule is Oc1ccc(C[C@@H]2c3cc(O)ccc3C[C@]23Cc2ccc(O)cc2C3)cc1. The van der Waals surface area contributed by atoms with E-state index in [0.29, 0.717) is 17.4 Å². The van der Waals surface area contributed by atoms with Crippen LogP contribution in [0.5, 0.6) is 17.2 Å². The molecule has 0 bridgehead atoms. The van der Waals surface area contributed by atoms with Gasteiger partial charge in [-0.05, 0) is 101 Å². The number of hydrogen-bond acceptors (Lipinski definition) is 3. The molecule has 3 aromatic carbocycles. The molecule has 0 saturated carbocycles. The summed E-state index contributed by atoms with van der Waals surface area (Å²) in [6, 6.07) is 18.9. The lowest BCUT2D eigenvalue weighted by atomic mass is 9.71. The van der Waals surface area contributed by atoms with Gasteiger partial charge in [-0.25, -0.2) is 0 Å². The summed E-state index contributed by atoms with van der Waals surface area (Å²) in [4.78, 5) is 0. The number of aromatic hydroxyl groups is 3. The van der Waals surface area contributed by atoms with Crippen LogP contribution in [0.4, 0.5) is 0 Å². The maximum absolute atomic E-state index is 10.1. The molecule has 3 N–H and O–H groups in total. The van der Waals surface area contributed by atoms with Gasteiger partial charge in [-0.2, -0.15) is 0 Å². The normalized spacial score (nSPS) is 22.7. The number of fused-ring (bicyclic) bond motifs is 2. The lowest BCUT2D eigenvalue weighted by Crippen LogP contribution is -2.28. The molecule has 5 rings (SSSR count). The Kier molecular flexibility index (Phi) is 3.48. The van der Waals surface area contributed by atoms with Crippen molar-refractivity contribution in [3.05, 3.63) is 88.5 Å². The van der Waals surface area contributed by atoms with Gasteiger partial charge in [0.05, 0.1) is 0 Å². The quantitative estimate of drug-likeness (QED) is 0.633. The van der Waals surface area contributed by atoms with E-state index >= 15 is 0 Å². The Morgan fingerprint density at radius 3 is 2.04 bits per heavy atom. The predicted molar refractivity (Wildman–Crippen MR) is 104 cm³/mol. The molecule has 3 nitrogen and oxygen atoms in total. The van der Waals surface area contributed by atoms with Crippen molar-refractivity contribution in [3.8, 4) is 17.2 Å². The van der Waals surface area contributed by atoms with Crippen LogP contribution in [0.25, 0.3) is 0 Å². The molecular weight excluding hydrogens is 336 g/mol. The van der Waals surface area contributed by atoms with Crippen LogP contribution in [0, 0.1) is 5.41 Å². The molecule has 27 heavy (non-hydrogen) atoms. The summed E-state index contributed by atoms with van der Waals surface area (Å²) in [5, 5.41) is 29.6. The summed E-state index contributed by atoms with van der Waals surface area (Å²) in [5.41, 5.74) is 6.37. The summed E-state index contributed by atoms with van der Waals surface area (Å²) in [6.07, 6.45) is 3.78. The minimum Gasteiger partial charge on any atom is -0.508 e. The molecule has 3 heteroatoms. The number of benzene rings is 3. The lowest BCUT2D eigenvalue weighted by molar-refractivity contribution is 0.257. The highest BCUT2D eigenvalue weighted by atomic mass is 16.3. The van der Waals surface area contributed by atoms with E-state index < -0.39 is 0 Å². The molecule has 0 radical (unpaired) electrons. The van der Waals surface area contributed by atoms with Gasteiger partial charge in [0.25, 0.3) is 0 Å². The summed E-state index contributed by atoms with van der Waals surface area (Å²) in [7, 11) is 0. The van der Waals surface area contributed by atoms with Crippen molar-refractivity contribution in [3.63, 3.8) is 0 Å². The maximum Gasteiger partial charge on any atom is 0.115 e. The third kappa shape index (κ3) is 2.66. The highest BCUT2D eigenvalue weighted by Crippen LogP contribution is 2.56. The fourth-order valence-corrected chi connectivity index (χ4v) is 5.24. The van der Waals surface area contributed by atoms with Crippen LogP contribution in [0.1, 0.15) is 33.7 Å². The Labute approximate surface area is 158 Å². The van der Waals surface area contributed by atoms with Crippen LogP contribution in [0.2, 0.25) is 0 Å². The molecule has 3 aromatic rings. The summed E-state index contributed by atoms with van der Waals surface area (Å²) in [5.74, 6) is 1.21. The van der Waals surface area contributed by atoms with Crippen LogP contribution < -0.4 is 0 Å². The molecule has 136 valence electrons. The second kappa shape index (κ2) is 5.78. The van der Waals surface area contributed by atoms with Crippen LogP contribution >= 0.6 is 0 Å². The van der Waals surface area contributed by atoms with Gasteiger partial charge in [-0.3, -0.25) is 0 Å². The summed E-state index contributed by atoms with van der Waals surface area (Å²) in [6.45, 7) is 0. The van der Waals surface area contributed by atoms with Crippen LogP contribution in [-0.2, 0) is 25.7 Å². The van der Waals surface area contributed by atoms with Crippen LogP contribution in [-0.4, -0.2) is 15.3 Å². The highest BCUT2D eigenvalue weighted by molar-refractivity contribution is 5.49. The van der Waals surface area contributed by atoms with Gasteiger partial charge in [0, 0.05) is 0 Å². The number of hydrogen-bond donors (Lipinski definition) is 3. The molecule has 0 saturated heterocycles. The van der Waals surface area contributed by atoms with E-state index in [1.807, 2.05) is 24.3 Å². The average Bonchev–Trinajstić information content (AvgIpc) is 3.14. The summed E-state index contributed by atoms with van der Waals surface area (Å²) >= 11 is 0. The largest absolute Gasteiger partial charge is 0.508 e. The molecule has 2 aliphatic carbocycles. The Morgan fingerprint density at radius 2 is 1.26 bits per heavy atom. The highest BCUT2D eigenvalue weighted by Gasteiger charge is 2.49. The number of phenols is 3. The molecule has 2 aliphatic rings. The van der Waals surface area contributed by atoms with Gasteiger partial charge >= 0.3 is 0 Å². The molecule has 2 atom stereocenters. The topological polar surface area (TPSA) is 60.7 Å². The lowest BCUT2D eigenvalue weighted by Gasteiger charge is -2.32. The fraction of sp³-hybridized carbons (Fsp3) is 0.250. The minimum absolute atomic E-state index is 0.0736. The number of rotatable bonds is 2. The minimum atomic E-state index is 0.0736. The van der Waals surface area contributed by atoms with Crippen molar-refractivity contribution in [1.29, 1.82) is 0 Å². The molecular formula is C24H22O3. The predicted octanol–water partition coefficient (Wildman–Crippen LogP) is 4.47. The van der Waals surface area contributed by atoms with Gasteiger partial charge in [0.15, 0.2) is 0 Å². The molecule has 0 aliphatic heterocycles. The molecule has 1 spiro atoms. The molecule has 0 amide bonds. The zero-order valence-corrected chi connectivity index (χ0v) is 15.0. The van der Waals surface area contributed by atoms with E-state index in [2.05, 4.69) is 12.1 Å². The van der Waals surface area contributed by atoms with Crippen molar-refractivity contribution in [2.24, 2.45) is 5.41 Å². The maximum atomic E-state index is 10.1. The zero-order chi connectivity index (χ0) is 18.6. The Hall–Kier alpha value is -2.94. The number of phenolic OH excluding ortho intramolecular Hbond substituents is 3. The smallest absolute Gasteiger partial charge is 0.115 e. The third-order valence-corrected chi connectivity index (χ3v) is 6.44. The van der Waals surface area contributed by atoms with Gasteiger partial charge in [0.2, 0.25) is 0 Å². The molecule has 0 heterocycles. The first-order valence-electron chi connectivity index (χ1n) is 9.43. The van der Waals surface area contributed by atoms with Gasteiger partial charge in [-0.15, -0.1) is 0 Å². The van der Waals surface area contributed by atoms with Gasteiger partial charge in [-0.1, -0.05) is 24.3 Å². The second-order valence-corrected chi connectivity index (χ2v) is 8.15. The monoisotopic (exact) mass is 358 g/mol. The Morgan fingerprint density at radius 1 is 0.667 bits per heavy atom. The van der Waals surface area contributed by atoms with Crippen LogP contribution in [0.3, 0.4) is 0 Å². The second-order valence-electron chi connectivity index (χ2n) is 8.15. The van der Waals surface area contributed by atoms with Crippen molar-refractivity contribution >= 4 is 0 Å². The van der Waals surface area contributed by atoms with Gasteiger partial charge in [0.1, 0.15) is 17.2 Å². The molecule has 0 aromatic heterocycles. The van der Waals surface area contributed by atoms with Crippen molar-refractivity contribution < 1.29 is 15.3 Å². The molecule has 0 unspecified atom stereocenters. The van der Waals surface area contributed by atoms with Crippen LogP contribution in [0.15, 0.2) is 60.7 Å². The summed E-state index contributed by atoms with van der Waals surface area (Å²) < 4.78 is 0. The Balaban J connectivity index is 1.57. The molecule has 0 fully saturated rings.